The van der Waals surface area contributed by atoms with E-state index in [4.69, 9.17) is 14.2 Å². The Morgan fingerprint density at radius 2 is 1.66 bits per heavy atom. The van der Waals surface area contributed by atoms with Crippen molar-refractivity contribution in [1.29, 1.82) is 0 Å². The van der Waals surface area contributed by atoms with Crippen LogP contribution < -0.4 is 14.8 Å². The molecule has 6 heteroatoms. The van der Waals surface area contributed by atoms with Gasteiger partial charge in [0.2, 0.25) is 0 Å². The normalized spacial score (nSPS) is 23.7. The zero-order valence-electron chi connectivity index (χ0n) is 22.7. The van der Waals surface area contributed by atoms with Crippen LogP contribution in [-0.4, -0.2) is 32.1 Å². The summed E-state index contributed by atoms with van der Waals surface area (Å²) in [5, 5.41) is 3.45. The lowest BCUT2D eigenvalue weighted by atomic mass is 9.68. The Bertz CT molecular complexity index is 1290. The number of methoxy groups -OCH3 is 2. The van der Waals surface area contributed by atoms with Crippen molar-refractivity contribution in [3.63, 3.8) is 0 Å². The summed E-state index contributed by atoms with van der Waals surface area (Å²) in [4.78, 5) is 27.6. The van der Waals surface area contributed by atoms with Crippen LogP contribution in [0.1, 0.15) is 74.0 Å². The Morgan fingerprint density at radius 3 is 2.37 bits per heavy atom. The largest absolute Gasteiger partial charge is 0.493 e. The Labute approximate surface area is 225 Å². The molecule has 200 valence electrons. The van der Waals surface area contributed by atoms with Crippen molar-refractivity contribution in [3.8, 4) is 11.5 Å². The third-order valence-corrected chi connectivity index (χ3v) is 8.15. The predicted octanol–water partition coefficient (Wildman–Crippen LogP) is 6.11. The fraction of sp³-hybridized carbons (Fsp3) is 0.438. The van der Waals surface area contributed by atoms with E-state index in [2.05, 4.69) is 17.5 Å². The van der Waals surface area contributed by atoms with Crippen LogP contribution in [0.4, 0.5) is 0 Å². The maximum atomic E-state index is 13.9. The highest BCUT2D eigenvalue weighted by atomic mass is 16.5. The SMILES string of the molecule is COc1ccc(C2C=C3NC(C)=C(C(=O)OC4CCCCC4)C(c4cccc(C)c4)C3C(=O)C2)cc1OC. The Morgan fingerprint density at radius 1 is 0.895 bits per heavy atom. The number of aryl methyl sites for hydroxylation is 1. The summed E-state index contributed by atoms with van der Waals surface area (Å²) in [7, 11) is 3.22. The zero-order chi connectivity index (χ0) is 26.8. The molecule has 0 spiro atoms. The highest BCUT2D eigenvalue weighted by molar-refractivity contribution is 5.96. The minimum Gasteiger partial charge on any atom is -0.493 e. The summed E-state index contributed by atoms with van der Waals surface area (Å²) >= 11 is 0. The lowest BCUT2D eigenvalue weighted by molar-refractivity contribution is -0.146. The summed E-state index contributed by atoms with van der Waals surface area (Å²) < 4.78 is 16.9. The molecule has 2 aromatic rings. The van der Waals surface area contributed by atoms with E-state index in [1.165, 1.54) is 6.42 Å². The molecule has 1 fully saturated rings. The number of benzene rings is 2. The standard InChI is InChI=1S/C32H37NO5/c1-19-9-8-10-22(15-19)30-29(32(35)38-24-11-6-5-7-12-24)20(2)33-25-16-23(17-26(34)31(25)30)21-13-14-27(36-3)28(18-21)37-4/h8-10,13-16,18,23-24,30-31,33H,5-7,11-12,17H2,1-4H3. The van der Waals surface area contributed by atoms with Crippen LogP contribution in [0.5, 0.6) is 11.5 Å². The molecule has 2 aliphatic carbocycles. The van der Waals surface area contributed by atoms with Gasteiger partial charge in [-0.3, -0.25) is 4.79 Å². The van der Waals surface area contributed by atoms with E-state index in [1.54, 1.807) is 14.2 Å². The second kappa shape index (κ2) is 11.1. The van der Waals surface area contributed by atoms with E-state index in [9.17, 15) is 9.59 Å². The minimum absolute atomic E-state index is 0.0526. The third kappa shape index (κ3) is 5.09. The number of carbonyl (C=O) groups is 2. The molecule has 2 aromatic carbocycles. The van der Waals surface area contributed by atoms with E-state index >= 15 is 0 Å². The molecule has 1 saturated carbocycles. The smallest absolute Gasteiger partial charge is 0.336 e. The van der Waals surface area contributed by atoms with Crippen LogP contribution >= 0.6 is 0 Å². The quantitative estimate of drug-likeness (QED) is 0.468. The maximum absolute atomic E-state index is 13.9. The molecule has 0 aromatic heterocycles. The number of allylic oxidation sites excluding steroid dienone is 3. The lowest BCUT2D eigenvalue weighted by Gasteiger charge is -2.40. The molecule has 0 amide bonds. The van der Waals surface area contributed by atoms with Crippen molar-refractivity contribution in [1.82, 2.24) is 5.32 Å². The first kappa shape index (κ1) is 26.1. The van der Waals surface area contributed by atoms with Crippen molar-refractivity contribution >= 4 is 11.8 Å². The van der Waals surface area contributed by atoms with Gasteiger partial charge in [-0.25, -0.2) is 4.79 Å². The number of Topliss-reactive ketones (excluding diaryl/α,β-unsaturated/α-hetero) is 1. The molecule has 3 aliphatic rings. The first-order chi connectivity index (χ1) is 18.4. The van der Waals surface area contributed by atoms with Gasteiger partial charge in [-0.1, -0.05) is 48.4 Å². The second-order valence-electron chi connectivity index (χ2n) is 10.7. The molecule has 3 atom stereocenters. The number of nitrogens with one attached hydrogen (secondary N) is 1. The van der Waals surface area contributed by atoms with Crippen LogP contribution in [0.15, 0.2) is 65.5 Å². The van der Waals surface area contributed by atoms with E-state index in [0.717, 1.165) is 53.8 Å². The van der Waals surface area contributed by atoms with E-state index in [1.807, 2.05) is 50.2 Å². The van der Waals surface area contributed by atoms with Gasteiger partial charge in [-0.15, -0.1) is 0 Å². The Balaban J connectivity index is 1.54. The average molecular weight is 516 g/mol. The van der Waals surface area contributed by atoms with Gasteiger partial charge in [-0.05, 0) is 62.8 Å². The lowest BCUT2D eigenvalue weighted by Crippen LogP contribution is -2.42. The molecule has 1 N–H and O–H groups in total. The van der Waals surface area contributed by atoms with Crippen LogP contribution in [0.25, 0.3) is 0 Å². The van der Waals surface area contributed by atoms with Gasteiger partial charge in [0.1, 0.15) is 11.9 Å². The molecule has 6 nitrogen and oxygen atoms in total. The van der Waals surface area contributed by atoms with Gasteiger partial charge >= 0.3 is 5.97 Å². The fourth-order valence-corrected chi connectivity index (χ4v) is 6.26. The predicted molar refractivity (Wildman–Crippen MR) is 146 cm³/mol. The molecule has 0 saturated heterocycles. The number of hydrogen-bond acceptors (Lipinski definition) is 6. The summed E-state index contributed by atoms with van der Waals surface area (Å²) in [6.07, 6.45) is 7.60. The van der Waals surface area contributed by atoms with Crippen molar-refractivity contribution < 1.29 is 23.8 Å². The van der Waals surface area contributed by atoms with Gasteiger partial charge in [0.25, 0.3) is 0 Å². The zero-order valence-corrected chi connectivity index (χ0v) is 22.7. The van der Waals surface area contributed by atoms with E-state index in [-0.39, 0.29) is 23.8 Å². The van der Waals surface area contributed by atoms with E-state index < -0.39 is 11.8 Å². The fourth-order valence-electron chi connectivity index (χ4n) is 6.26. The highest BCUT2D eigenvalue weighted by Gasteiger charge is 2.45. The van der Waals surface area contributed by atoms with Crippen molar-refractivity contribution in [3.05, 3.63) is 82.2 Å². The Hall–Kier alpha value is -3.54. The van der Waals surface area contributed by atoms with Crippen LogP contribution in [0.2, 0.25) is 0 Å². The molecule has 3 unspecified atom stereocenters. The molecule has 38 heavy (non-hydrogen) atoms. The minimum atomic E-state index is -0.467. The third-order valence-electron chi connectivity index (χ3n) is 8.15. The highest BCUT2D eigenvalue weighted by Crippen LogP contribution is 2.47. The first-order valence-corrected chi connectivity index (χ1v) is 13.6. The maximum Gasteiger partial charge on any atom is 0.336 e. The first-order valence-electron chi connectivity index (χ1n) is 13.6. The van der Waals surface area contributed by atoms with Crippen molar-refractivity contribution in [2.24, 2.45) is 5.92 Å². The van der Waals surface area contributed by atoms with Crippen LogP contribution in [0, 0.1) is 12.8 Å². The number of fused-ring (bicyclic) bond motifs is 1. The Kier molecular flexibility index (Phi) is 7.59. The molecular weight excluding hydrogens is 478 g/mol. The number of ether oxygens (including phenoxy) is 3. The monoisotopic (exact) mass is 515 g/mol. The second-order valence-corrected chi connectivity index (χ2v) is 10.7. The average Bonchev–Trinajstić information content (AvgIpc) is 2.92. The number of carbonyl (C=O) groups excluding carboxylic acids is 2. The topological polar surface area (TPSA) is 73.9 Å². The molecule has 1 aliphatic heterocycles. The van der Waals surface area contributed by atoms with Gasteiger partial charge in [0, 0.05) is 29.7 Å². The summed E-state index contributed by atoms with van der Waals surface area (Å²) in [5.74, 6) is 0.125. The summed E-state index contributed by atoms with van der Waals surface area (Å²) in [6.45, 7) is 3.95. The molecule has 1 heterocycles. The van der Waals surface area contributed by atoms with Crippen molar-refractivity contribution in [2.45, 2.75) is 70.3 Å². The molecule has 5 rings (SSSR count). The van der Waals surface area contributed by atoms with Crippen LogP contribution in [-0.2, 0) is 14.3 Å². The molecule has 0 bridgehead atoms. The van der Waals surface area contributed by atoms with Gasteiger partial charge in [-0.2, -0.15) is 0 Å². The van der Waals surface area contributed by atoms with Gasteiger partial charge in [0.05, 0.1) is 25.7 Å². The number of rotatable bonds is 6. The van der Waals surface area contributed by atoms with Gasteiger partial charge < -0.3 is 19.5 Å². The molecule has 0 radical (unpaired) electrons. The summed E-state index contributed by atoms with van der Waals surface area (Å²) in [5.41, 5.74) is 5.21. The van der Waals surface area contributed by atoms with E-state index in [0.29, 0.717) is 23.5 Å². The molecular formula is C32H37NO5. The number of ketones is 1. The number of hydrogen-bond donors (Lipinski definition) is 1. The summed E-state index contributed by atoms with van der Waals surface area (Å²) in [6, 6.07) is 13.9. The van der Waals surface area contributed by atoms with Gasteiger partial charge in [0.15, 0.2) is 11.5 Å². The van der Waals surface area contributed by atoms with Crippen LogP contribution in [0.3, 0.4) is 0 Å². The number of esters is 1. The van der Waals surface area contributed by atoms with Crippen molar-refractivity contribution in [2.75, 3.05) is 14.2 Å².